The van der Waals surface area contributed by atoms with Crippen LogP contribution in [0.3, 0.4) is 0 Å². The molecule has 2 aromatic rings. The Morgan fingerprint density at radius 1 is 1.62 bits per heavy atom. The van der Waals surface area contributed by atoms with Gasteiger partial charge in [0.25, 0.3) is 0 Å². The van der Waals surface area contributed by atoms with Crippen LogP contribution in [0.2, 0.25) is 0 Å². The second kappa shape index (κ2) is 4.07. The van der Waals surface area contributed by atoms with Crippen LogP contribution in [-0.4, -0.2) is 16.0 Å². The number of hydrogen-bond acceptors (Lipinski definition) is 3. The number of fused-ring (bicyclic) bond motifs is 1. The molecule has 1 unspecified atom stereocenters. The van der Waals surface area contributed by atoms with Gasteiger partial charge >= 0.3 is 0 Å². The predicted octanol–water partition coefficient (Wildman–Crippen LogP) is 2.44. The van der Waals surface area contributed by atoms with E-state index in [0.29, 0.717) is 0 Å². The number of nitriles is 1. The van der Waals surface area contributed by atoms with Crippen molar-refractivity contribution >= 4 is 16.7 Å². The van der Waals surface area contributed by atoms with Gasteiger partial charge in [0.1, 0.15) is 6.04 Å². The number of aromatic nitrogens is 2. The SMILES string of the molecule is C=C(C)C(C#N)Nc1ccc2nc[nH]c2c1. The number of rotatable bonds is 3. The van der Waals surface area contributed by atoms with Crippen molar-refractivity contribution < 1.29 is 0 Å². The molecule has 1 aromatic carbocycles. The number of H-pyrrole nitrogens is 1. The first-order valence-corrected chi connectivity index (χ1v) is 4.95. The Kier molecular flexibility index (Phi) is 2.61. The first kappa shape index (κ1) is 10.2. The van der Waals surface area contributed by atoms with Gasteiger partial charge in [-0.1, -0.05) is 6.58 Å². The predicted molar refractivity (Wildman–Crippen MR) is 63.9 cm³/mol. The van der Waals surface area contributed by atoms with Crippen molar-refractivity contribution in [2.24, 2.45) is 0 Å². The van der Waals surface area contributed by atoms with E-state index in [1.165, 1.54) is 0 Å². The summed E-state index contributed by atoms with van der Waals surface area (Å²) in [6, 6.07) is 7.52. The summed E-state index contributed by atoms with van der Waals surface area (Å²) in [5, 5.41) is 12.0. The fourth-order valence-corrected chi connectivity index (χ4v) is 1.46. The third-order valence-corrected chi connectivity index (χ3v) is 2.35. The largest absolute Gasteiger partial charge is 0.366 e. The molecule has 4 heteroatoms. The number of aromatic amines is 1. The number of nitrogens with one attached hydrogen (secondary N) is 2. The lowest BCUT2D eigenvalue weighted by molar-refractivity contribution is 1.04. The highest BCUT2D eigenvalue weighted by atomic mass is 14.9. The molecule has 0 aliphatic heterocycles. The Morgan fingerprint density at radius 2 is 2.44 bits per heavy atom. The summed E-state index contributed by atoms with van der Waals surface area (Å²) in [5.41, 5.74) is 3.54. The average Bonchev–Trinajstić information content (AvgIpc) is 2.72. The minimum atomic E-state index is -0.361. The molecule has 0 radical (unpaired) electrons. The van der Waals surface area contributed by atoms with E-state index in [4.69, 9.17) is 5.26 Å². The fraction of sp³-hybridized carbons (Fsp3) is 0.167. The number of imidazole rings is 1. The topological polar surface area (TPSA) is 64.5 Å². The van der Waals surface area contributed by atoms with E-state index >= 15 is 0 Å². The maximum absolute atomic E-state index is 8.94. The molecule has 2 rings (SSSR count). The van der Waals surface area contributed by atoms with E-state index in [1.807, 2.05) is 25.1 Å². The second-order valence-electron chi connectivity index (χ2n) is 3.69. The van der Waals surface area contributed by atoms with Crippen molar-refractivity contribution in [3.63, 3.8) is 0 Å². The van der Waals surface area contributed by atoms with E-state index in [2.05, 4.69) is 27.9 Å². The molecule has 0 aliphatic rings. The van der Waals surface area contributed by atoms with Gasteiger partial charge in [0.05, 0.1) is 23.4 Å². The molecular formula is C12H12N4. The second-order valence-corrected chi connectivity index (χ2v) is 3.69. The van der Waals surface area contributed by atoms with Crippen LogP contribution in [0.5, 0.6) is 0 Å². The van der Waals surface area contributed by atoms with Crippen molar-refractivity contribution in [1.29, 1.82) is 5.26 Å². The third-order valence-electron chi connectivity index (χ3n) is 2.35. The number of hydrogen-bond donors (Lipinski definition) is 2. The maximum atomic E-state index is 8.94. The molecule has 2 N–H and O–H groups in total. The van der Waals surface area contributed by atoms with E-state index < -0.39 is 0 Å². The highest BCUT2D eigenvalue weighted by molar-refractivity contribution is 5.78. The summed E-state index contributed by atoms with van der Waals surface area (Å²) < 4.78 is 0. The summed E-state index contributed by atoms with van der Waals surface area (Å²) in [5.74, 6) is 0. The first-order chi connectivity index (χ1) is 7.70. The monoisotopic (exact) mass is 212 g/mol. The summed E-state index contributed by atoms with van der Waals surface area (Å²) in [6.45, 7) is 5.60. The Morgan fingerprint density at radius 3 is 3.12 bits per heavy atom. The standard InChI is InChI=1S/C12H12N4/c1-8(2)12(6-13)16-9-3-4-10-11(5-9)15-7-14-10/h3-5,7,12,16H,1H2,2H3,(H,14,15). The molecule has 0 fully saturated rings. The van der Waals surface area contributed by atoms with Crippen LogP contribution >= 0.6 is 0 Å². The van der Waals surface area contributed by atoms with Crippen molar-refractivity contribution in [2.45, 2.75) is 13.0 Å². The van der Waals surface area contributed by atoms with Gasteiger partial charge in [-0.2, -0.15) is 5.26 Å². The minimum absolute atomic E-state index is 0.361. The van der Waals surface area contributed by atoms with Gasteiger partial charge in [-0.3, -0.25) is 0 Å². The molecule has 80 valence electrons. The van der Waals surface area contributed by atoms with Gasteiger partial charge in [0.2, 0.25) is 0 Å². The number of benzene rings is 1. The molecule has 0 saturated heterocycles. The van der Waals surface area contributed by atoms with E-state index in [-0.39, 0.29) is 6.04 Å². The smallest absolute Gasteiger partial charge is 0.135 e. The summed E-state index contributed by atoms with van der Waals surface area (Å²) >= 11 is 0. The molecule has 1 heterocycles. The van der Waals surface area contributed by atoms with E-state index in [0.717, 1.165) is 22.3 Å². The normalized spacial score (nSPS) is 12.0. The summed E-state index contributed by atoms with van der Waals surface area (Å²) in [7, 11) is 0. The van der Waals surface area contributed by atoms with Crippen LogP contribution < -0.4 is 5.32 Å². The maximum Gasteiger partial charge on any atom is 0.135 e. The van der Waals surface area contributed by atoms with E-state index in [9.17, 15) is 0 Å². The zero-order valence-corrected chi connectivity index (χ0v) is 8.99. The van der Waals surface area contributed by atoms with Crippen LogP contribution in [-0.2, 0) is 0 Å². The molecule has 0 aliphatic carbocycles. The third kappa shape index (κ3) is 1.89. The summed E-state index contributed by atoms with van der Waals surface area (Å²) in [4.78, 5) is 7.15. The molecule has 0 amide bonds. The van der Waals surface area contributed by atoms with Gasteiger partial charge in [-0.15, -0.1) is 0 Å². The Labute approximate surface area is 93.6 Å². The van der Waals surface area contributed by atoms with Crippen molar-refractivity contribution in [3.05, 3.63) is 36.7 Å². The highest BCUT2D eigenvalue weighted by Crippen LogP contribution is 2.17. The van der Waals surface area contributed by atoms with Crippen LogP contribution in [0, 0.1) is 11.3 Å². The first-order valence-electron chi connectivity index (χ1n) is 4.95. The van der Waals surface area contributed by atoms with Crippen molar-refractivity contribution in [2.75, 3.05) is 5.32 Å². The molecule has 1 atom stereocenters. The van der Waals surface area contributed by atoms with Crippen molar-refractivity contribution in [1.82, 2.24) is 9.97 Å². The van der Waals surface area contributed by atoms with Crippen molar-refractivity contribution in [3.8, 4) is 6.07 Å². The lowest BCUT2D eigenvalue weighted by Gasteiger charge is -2.12. The highest BCUT2D eigenvalue weighted by Gasteiger charge is 2.07. The van der Waals surface area contributed by atoms with Crippen LogP contribution in [0.15, 0.2) is 36.7 Å². The molecule has 0 saturated carbocycles. The molecule has 16 heavy (non-hydrogen) atoms. The van der Waals surface area contributed by atoms with Gasteiger partial charge in [-0.05, 0) is 30.7 Å². The fourth-order valence-electron chi connectivity index (χ4n) is 1.46. The van der Waals surface area contributed by atoms with Crippen LogP contribution in [0.1, 0.15) is 6.92 Å². The number of nitrogens with zero attached hydrogens (tertiary/aromatic N) is 2. The Hall–Kier alpha value is -2.28. The van der Waals surface area contributed by atoms with Gasteiger partial charge in [0, 0.05) is 5.69 Å². The van der Waals surface area contributed by atoms with Crippen LogP contribution in [0.25, 0.3) is 11.0 Å². The number of anilines is 1. The van der Waals surface area contributed by atoms with Gasteiger partial charge in [-0.25, -0.2) is 4.98 Å². The van der Waals surface area contributed by atoms with Gasteiger partial charge < -0.3 is 10.3 Å². The molecule has 0 spiro atoms. The van der Waals surface area contributed by atoms with Crippen LogP contribution in [0.4, 0.5) is 5.69 Å². The zero-order valence-electron chi connectivity index (χ0n) is 8.99. The molecule has 4 nitrogen and oxygen atoms in total. The minimum Gasteiger partial charge on any atom is -0.366 e. The average molecular weight is 212 g/mol. The summed E-state index contributed by atoms with van der Waals surface area (Å²) in [6.07, 6.45) is 1.65. The lowest BCUT2D eigenvalue weighted by Crippen LogP contribution is -2.17. The molecule has 0 bridgehead atoms. The zero-order chi connectivity index (χ0) is 11.5. The Balaban J connectivity index is 2.27. The van der Waals surface area contributed by atoms with E-state index in [1.54, 1.807) is 6.33 Å². The molecular weight excluding hydrogens is 200 g/mol. The quantitative estimate of drug-likeness (QED) is 0.768. The lowest BCUT2D eigenvalue weighted by atomic mass is 10.1. The molecule has 1 aromatic heterocycles. The Bertz CT molecular complexity index is 562. The van der Waals surface area contributed by atoms with Gasteiger partial charge in [0.15, 0.2) is 0 Å².